The van der Waals surface area contributed by atoms with E-state index in [9.17, 15) is 8.78 Å². The summed E-state index contributed by atoms with van der Waals surface area (Å²) in [5.74, 6) is -1.50. The largest absolute Gasteiger partial charge is 0.399 e. The highest BCUT2D eigenvalue weighted by atomic mass is 35.5. The Morgan fingerprint density at radius 1 is 0.824 bits per heavy atom. The van der Waals surface area contributed by atoms with Crippen LogP contribution in [0.15, 0.2) is 30.3 Å². The zero-order valence-electron chi connectivity index (χ0n) is 8.48. The van der Waals surface area contributed by atoms with Crippen LogP contribution in [0.5, 0.6) is 0 Å². The van der Waals surface area contributed by atoms with E-state index in [0.717, 1.165) is 12.1 Å². The highest BCUT2D eigenvalue weighted by Crippen LogP contribution is 2.32. The van der Waals surface area contributed by atoms with Crippen LogP contribution < -0.4 is 5.73 Å². The van der Waals surface area contributed by atoms with Crippen LogP contribution in [-0.2, 0) is 0 Å². The average molecular weight is 274 g/mol. The fourth-order valence-electron chi connectivity index (χ4n) is 1.57. The van der Waals surface area contributed by atoms with E-state index in [-0.39, 0.29) is 16.8 Å². The van der Waals surface area contributed by atoms with Crippen LogP contribution in [0.2, 0.25) is 10.0 Å². The lowest BCUT2D eigenvalue weighted by Gasteiger charge is -2.07. The van der Waals surface area contributed by atoms with Gasteiger partial charge in [-0.15, -0.1) is 0 Å². The minimum absolute atomic E-state index is 0.0249. The van der Waals surface area contributed by atoms with Gasteiger partial charge in [-0.3, -0.25) is 0 Å². The fraction of sp³-hybridized carbons (Fsp3) is 0. The lowest BCUT2D eigenvalue weighted by molar-refractivity contribution is 0.591. The summed E-state index contributed by atoms with van der Waals surface area (Å²) in [6.07, 6.45) is 0. The van der Waals surface area contributed by atoms with Crippen molar-refractivity contribution in [3.63, 3.8) is 0 Å². The van der Waals surface area contributed by atoms with Crippen molar-refractivity contribution in [2.24, 2.45) is 0 Å². The van der Waals surface area contributed by atoms with Gasteiger partial charge in [-0.05, 0) is 35.9 Å². The minimum Gasteiger partial charge on any atom is -0.399 e. The van der Waals surface area contributed by atoms with Crippen LogP contribution >= 0.6 is 23.2 Å². The second-order valence-corrected chi connectivity index (χ2v) is 4.39. The SMILES string of the molecule is Nc1cc(F)c(-c2cc(Cl)cc(Cl)c2)c(F)c1. The van der Waals surface area contributed by atoms with E-state index in [1.54, 1.807) is 0 Å². The first-order chi connectivity index (χ1) is 7.97. The molecule has 0 atom stereocenters. The van der Waals surface area contributed by atoms with Crippen LogP contribution in [0.3, 0.4) is 0 Å². The molecule has 88 valence electrons. The summed E-state index contributed by atoms with van der Waals surface area (Å²) in [4.78, 5) is 0. The highest BCUT2D eigenvalue weighted by Gasteiger charge is 2.13. The summed E-state index contributed by atoms with van der Waals surface area (Å²) in [5.41, 5.74) is 5.44. The molecule has 1 nitrogen and oxygen atoms in total. The summed E-state index contributed by atoms with van der Waals surface area (Å²) in [6, 6.07) is 6.45. The average Bonchev–Trinajstić information content (AvgIpc) is 2.13. The summed E-state index contributed by atoms with van der Waals surface area (Å²) in [5, 5.41) is 0.617. The van der Waals surface area contributed by atoms with E-state index in [1.165, 1.54) is 18.2 Å². The van der Waals surface area contributed by atoms with Gasteiger partial charge < -0.3 is 5.73 Å². The lowest BCUT2D eigenvalue weighted by atomic mass is 10.0. The second-order valence-electron chi connectivity index (χ2n) is 3.52. The van der Waals surface area contributed by atoms with Gasteiger partial charge in [-0.2, -0.15) is 0 Å². The van der Waals surface area contributed by atoms with Crippen LogP contribution in [0.4, 0.5) is 14.5 Å². The van der Waals surface area contributed by atoms with Gasteiger partial charge in [0, 0.05) is 15.7 Å². The summed E-state index contributed by atoms with van der Waals surface area (Å²) >= 11 is 11.6. The van der Waals surface area contributed by atoms with E-state index in [2.05, 4.69) is 0 Å². The molecule has 0 amide bonds. The number of anilines is 1. The first-order valence-electron chi connectivity index (χ1n) is 4.68. The standard InChI is InChI=1S/C12H7Cl2F2N/c13-7-1-6(2-8(14)3-7)12-10(15)4-9(17)5-11(12)16/h1-5H,17H2. The Morgan fingerprint density at radius 3 is 1.76 bits per heavy atom. The molecule has 0 aliphatic rings. The first kappa shape index (κ1) is 12.1. The van der Waals surface area contributed by atoms with E-state index in [1.807, 2.05) is 0 Å². The maximum absolute atomic E-state index is 13.7. The van der Waals surface area contributed by atoms with E-state index >= 15 is 0 Å². The number of halogens is 4. The van der Waals surface area contributed by atoms with Gasteiger partial charge >= 0.3 is 0 Å². The first-order valence-corrected chi connectivity index (χ1v) is 5.44. The number of hydrogen-bond donors (Lipinski definition) is 1. The molecule has 0 unspecified atom stereocenters. The van der Waals surface area contributed by atoms with Gasteiger partial charge in [0.15, 0.2) is 0 Å². The Kier molecular flexibility index (Phi) is 3.22. The molecule has 0 fully saturated rings. The van der Waals surface area contributed by atoms with Gasteiger partial charge in [-0.25, -0.2) is 8.78 Å². The molecule has 0 aliphatic carbocycles. The molecule has 2 N–H and O–H groups in total. The van der Waals surface area contributed by atoms with Gasteiger partial charge in [-0.1, -0.05) is 23.2 Å². The molecule has 2 rings (SSSR count). The normalized spacial score (nSPS) is 10.6. The number of rotatable bonds is 1. The highest BCUT2D eigenvalue weighted by molar-refractivity contribution is 6.35. The summed E-state index contributed by atoms with van der Waals surface area (Å²) < 4.78 is 27.3. The van der Waals surface area contributed by atoms with Crippen molar-refractivity contribution in [2.45, 2.75) is 0 Å². The van der Waals surface area contributed by atoms with Gasteiger partial charge in [0.1, 0.15) is 11.6 Å². The van der Waals surface area contributed by atoms with Crippen molar-refractivity contribution < 1.29 is 8.78 Å². The van der Waals surface area contributed by atoms with Crippen LogP contribution in [0, 0.1) is 11.6 Å². The quantitative estimate of drug-likeness (QED) is 0.760. The predicted octanol–water partition coefficient (Wildman–Crippen LogP) is 4.52. The Morgan fingerprint density at radius 2 is 1.29 bits per heavy atom. The van der Waals surface area contributed by atoms with Crippen LogP contribution in [0.1, 0.15) is 0 Å². The third kappa shape index (κ3) is 2.51. The van der Waals surface area contributed by atoms with Crippen molar-refractivity contribution in [2.75, 3.05) is 5.73 Å². The van der Waals surface area contributed by atoms with E-state index in [0.29, 0.717) is 10.0 Å². The number of benzene rings is 2. The molecule has 0 saturated carbocycles. The zero-order chi connectivity index (χ0) is 12.6. The predicted molar refractivity (Wildman–Crippen MR) is 66.2 cm³/mol. The minimum atomic E-state index is -0.749. The number of hydrogen-bond acceptors (Lipinski definition) is 1. The molecule has 2 aromatic rings. The third-order valence-electron chi connectivity index (χ3n) is 2.22. The Balaban J connectivity index is 2.68. The van der Waals surface area contributed by atoms with Crippen LogP contribution in [0.25, 0.3) is 11.1 Å². The molecule has 0 saturated heterocycles. The topological polar surface area (TPSA) is 26.0 Å². The van der Waals surface area contributed by atoms with Crippen molar-refractivity contribution in [3.8, 4) is 11.1 Å². The second kappa shape index (κ2) is 4.51. The van der Waals surface area contributed by atoms with Crippen molar-refractivity contribution >= 4 is 28.9 Å². The summed E-state index contributed by atoms with van der Waals surface area (Å²) in [7, 11) is 0. The van der Waals surface area contributed by atoms with E-state index < -0.39 is 11.6 Å². The Labute approximate surface area is 107 Å². The Bertz CT molecular complexity index is 541. The molecular formula is C12H7Cl2F2N. The smallest absolute Gasteiger partial charge is 0.136 e. The monoisotopic (exact) mass is 273 g/mol. The molecule has 0 spiro atoms. The van der Waals surface area contributed by atoms with Crippen LogP contribution in [-0.4, -0.2) is 0 Å². The van der Waals surface area contributed by atoms with Crippen molar-refractivity contribution in [1.82, 2.24) is 0 Å². The fourth-order valence-corrected chi connectivity index (χ4v) is 2.09. The molecule has 17 heavy (non-hydrogen) atoms. The van der Waals surface area contributed by atoms with Gasteiger partial charge in [0.05, 0.1) is 5.56 Å². The molecule has 2 aromatic carbocycles. The molecule has 0 bridgehead atoms. The van der Waals surface area contributed by atoms with Crippen molar-refractivity contribution in [1.29, 1.82) is 0 Å². The molecule has 0 radical (unpaired) electrons. The lowest BCUT2D eigenvalue weighted by Crippen LogP contribution is -1.94. The molecular weight excluding hydrogens is 267 g/mol. The zero-order valence-corrected chi connectivity index (χ0v) is 9.99. The summed E-state index contributed by atoms with van der Waals surface area (Å²) in [6.45, 7) is 0. The maximum Gasteiger partial charge on any atom is 0.136 e. The third-order valence-corrected chi connectivity index (χ3v) is 2.65. The number of nitrogens with two attached hydrogens (primary N) is 1. The molecule has 0 aliphatic heterocycles. The Hall–Kier alpha value is -1.32. The van der Waals surface area contributed by atoms with E-state index in [4.69, 9.17) is 28.9 Å². The van der Waals surface area contributed by atoms with Crippen molar-refractivity contribution in [3.05, 3.63) is 52.0 Å². The molecule has 5 heteroatoms. The number of nitrogen functional groups attached to an aromatic ring is 1. The molecule has 0 heterocycles. The maximum atomic E-state index is 13.7. The van der Waals surface area contributed by atoms with Gasteiger partial charge in [0.2, 0.25) is 0 Å². The van der Waals surface area contributed by atoms with Gasteiger partial charge in [0.25, 0.3) is 0 Å². The molecule has 0 aromatic heterocycles.